The van der Waals surface area contributed by atoms with Crippen molar-refractivity contribution in [3.8, 4) is 5.75 Å². The van der Waals surface area contributed by atoms with Crippen LogP contribution >= 0.6 is 11.8 Å². The number of Topliss-reactive ketones (excluding diaryl/α,β-unsaturated/α-hetero) is 1. The second-order valence-electron chi connectivity index (χ2n) is 6.20. The summed E-state index contributed by atoms with van der Waals surface area (Å²) in [6.45, 7) is 5.40. The number of para-hydroxylation sites is 1. The average molecular weight is 392 g/mol. The van der Waals surface area contributed by atoms with Crippen molar-refractivity contribution < 1.29 is 9.53 Å². The number of ether oxygens (including phenoxy) is 1. The lowest BCUT2D eigenvalue weighted by Gasteiger charge is -2.05. The Bertz CT molecular complexity index is 1140. The smallest absolute Gasteiger partial charge is 0.211 e. The molecule has 0 bridgehead atoms. The maximum Gasteiger partial charge on any atom is 0.211 e. The number of carbonyl (C=O) groups excluding carboxylic acids is 1. The minimum atomic E-state index is 0.0211. The highest BCUT2D eigenvalue weighted by Gasteiger charge is 2.15. The number of carbonyl (C=O) groups is 1. The van der Waals surface area contributed by atoms with Gasteiger partial charge in [0.2, 0.25) is 5.16 Å². The van der Waals surface area contributed by atoms with Crippen LogP contribution in [0, 0.1) is 0 Å². The molecule has 0 aliphatic rings. The first-order valence-corrected chi connectivity index (χ1v) is 10.2. The van der Waals surface area contributed by atoms with Crippen molar-refractivity contribution in [2.75, 3.05) is 12.4 Å². The summed E-state index contributed by atoms with van der Waals surface area (Å²) in [5.74, 6) is 1.04. The van der Waals surface area contributed by atoms with Crippen molar-refractivity contribution in [2.45, 2.75) is 25.5 Å². The van der Waals surface area contributed by atoms with Crippen LogP contribution < -0.4 is 4.74 Å². The molecule has 6 nitrogen and oxygen atoms in total. The minimum absolute atomic E-state index is 0.0211. The number of fused-ring (bicyclic) bond motifs is 3. The van der Waals surface area contributed by atoms with Gasteiger partial charge in [0.05, 0.1) is 17.9 Å². The van der Waals surface area contributed by atoms with E-state index in [9.17, 15) is 4.79 Å². The highest BCUT2D eigenvalue weighted by atomic mass is 32.2. The fourth-order valence-electron chi connectivity index (χ4n) is 3.19. The molecule has 0 radical (unpaired) electrons. The van der Waals surface area contributed by atoms with E-state index in [1.165, 1.54) is 11.8 Å². The molecule has 0 saturated heterocycles. The normalized spacial score (nSPS) is 11.2. The third-order valence-corrected chi connectivity index (χ3v) is 5.33. The molecule has 2 heterocycles. The summed E-state index contributed by atoms with van der Waals surface area (Å²) in [4.78, 5) is 17.1. The molecule has 0 fully saturated rings. The van der Waals surface area contributed by atoms with Gasteiger partial charge in [-0.25, -0.2) is 4.98 Å². The molecule has 0 saturated carbocycles. The number of hydrogen-bond acceptors (Lipinski definition) is 6. The van der Waals surface area contributed by atoms with Crippen LogP contribution in [0.2, 0.25) is 0 Å². The second-order valence-corrected chi connectivity index (χ2v) is 7.14. The van der Waals surface area contributed by atoms with Crippen LogP contribution in [-0.4, -0.2) is 37.9 Å². The Morgan fingerprint density at radius 2 is 1.86 bits per heavy atom. The van der Waals surface area contributed by atoms with Crippen LogP contribution in [0.15, 0.2) is 53.7 Å². The van der Waals surface area contributed by atoms with Crippen LogP contribution in [-0.2, 0) is 6.54 Å². The molecule has 0 spiro atoms. The fourth-order valence-corrected chi connectivity index (χ4v) is 3.86. The number of aryl methyl sites for hydroxylation is 1. The predicted molar refractivity (Wildman–Crippen MR) is 111 cm³/mol. The standard InChI is InChI=1S/C21H20N4O2S/c1-3-25-17-8-6-5-7-16(17)19-20(25)22-21(24-23-19)28-13-18(26)14-9-11-15(12-10-14)27-4-2/h5-12H,3-4,13H2,1-2H3. The second kappa shape index (κ2) is 7.98. The molecule has 0 amide bonds. The zero-order valence-corrected chi connectivity index (χ0v) is 16.6. The Morgan fingerprint density at radius 3 is 2.61 bits per heavy atom. The van der Waals surface area contributed by atoms with Crippen LogP contribution in [0.1, 0.15) is 24.2 Å². The first-order chi connectivity index (χ1) is 13.7. The molecule has 0 atom stereocenters. The van der Waals surface area contributed by atoms with Crippen molar-refractivity contribution in [1.82, 2.24) is 19.7 Å². The van der Waals surface area contributed by atoms with Gasteiger partial charge >= 0.3 is 0 Å². The molecule has 4 aromatic rings. The van der Waals surface area contributed by atoms with Crippen LogP contribution in [0.4, 0.5) is 0 Å². The van der Waals surface area contributed by atoms with E-state index < -0.39 is 0 Å². The summed E-state index contributed by atoms with van der Waals surface area (Å²) in [6, 6.07) is 15.3. The molecule has 2 aromatic heterocycles. The van der Waals surface area contributed by atoms with Crippen molar-refractivity contribution >= 4 is 39.6 Å². The van der Waals surface area contributed by atoms with E-state index in [1.54, 1.807) is 12.1 Å². The van der Waals surface area contributed by atoms with Gasteiger partial charge in [0, 0.05) is 17.5 Å². The Kier molecular flexibility index (Phi) is 5.25. The van der Waals surface area contributed by atoms with Crippen LogP contribution in [0.3, 0.4) is 0 Å². The van der Waals surface area contributed by atoms with Gasteiger partial charge in [0.1, 0.15) is 11.3 Å². The van der Waals surface area contributed by atoms with Crippen molar-refractivity contribution in [2.24, 2.45) is 0 Å². The predicted octanol–water partition coefficient (Wildman–Crippen LogP) is 4.37. The Morgan fingerprint density at radius 1 is 1.07 bits per heavy atom. The largest absolute Gasteiger partial charge is 0.494 e. The Balaban J connectivity index is 1.55. The maximum atomic E-state index is 12.5. The summed E-state index contributed by atoms with van der Waals surface area (Å²) < 4.78 is 7.53. The molecule has 28 heavy (non-hydrogen) atoms. The molecule has 0 aliphatic carbocycles. The number of benzene rings is 2. The van der Waals surface area contributed by atoms with Gasteiger partial charge < -0.3 is 9.30 Å². The Hall–Kier alpha value is -2.93. The quantitative estimate of drug-likeness (QED) is 0.343. The number of aromatic nitrogens is 4. The third kappa shape index (κ3) is 3.45. The summed E-state index contributed by atoms with van der Waals surface area (Å²) in [7, 11) is 0. The third-order valence-electron chi connectivity index (χ3n) is 4.49. The summed E-state index contributed by atoms with van der Waals surface area (Å²) >= 11 is 1.30. The van der Waals surface area contributed by atoms with E-state index in [-0.39, 0.29) is 11.5 Å². The SMILES string of the molecule is CCOc1ccc(C(=O)CSc2nnc3c4ccccc4n(CC)c3n2)cc1. The van der Waals surface area contributed by atoms with Crippen molar-refractivity contribution in [3.63, 3.8) is 0 Å². The number of ketones is 1. The zero-order valence-electron chi connectivity index (χ0n) is 15.8. The first kappa shape index (κ1) is 18.4. The zero-order chi connectivity index (χ0) is 19.5. The highest BCUT2D eigenvalue weighted by Crippen LogP contribution is 2.27. The summed E-state index contributed by atoms with van der Waals surface area (Å²) in [5.41, 5.74) is 3.33. The average Bonchev–Trinajstić information content (AvgIpc) is 3.05. The van der Waals surface area contributed by atoms with E-state index in [4.69, 9.17) is 4.74 Å². The fraction of sp³-hybridized carbons (Fsp3) is 0.238. The molecular weight excluding hydrogens is 372 g/mol. The van der Waals surface area contributed by atoms with Crippen molar-refractivity contribution in [1.29, 1.82) is 0 Å². The number of nitrogens with zero attached hydrogens (tertiary/aromatic N) is 4. The van der Waals surface area contributed by atoms with E-state index in [2.05, 4.69) is 32.7 Å². The highest BCUT2D eigenvalue weighted by molar-refractivity contribution is 7.99. The van der Waals surface area contributed by atoms with Crippen molar-refractivity contribution in [3.05, 3.63) is 54.1 Å². The van der Waals surface area contributed by atoms with Gasteiger partial charge in [-0.15, -0.1) is 10.2 Å². The lowest BCUT2D eigenvalue weighted by atomic mass is 10.1. The molecule has 7 heteroatoms. The van der Waals surface area contributed by atoms with Gasteiger partial charge in [-0.1, -0.05) is 30.0 Å². The van der Waals surface area contributed by atoms with E-state index in [0.717, 1.165) is 34.4 Å². The molecule has 4 rings (SSSR count). The maximum absolute atomic E-state index is 12.5. The number of thioether (sulfide) groups is 1. The summed E-state index contributed by atoms with van der Waals surface area (Å²) in [6.07, 6.45) is 0. The van der Waals surface area contributed by atoms with E-state index in [0.29, 0.717) is 17.3 Å². The van der Waals surface area contributed by atoms with Gasteiger partial charge in [0.25, 0.3) is 0 Å². The number of rotatable bonds is 7. The molecule has 142 valence electrons. The van der Waals surface area contributed by atoms with Crippen LogP contribution in [0.5, 0.6) is 5.75 Å². The van der Waals surface area contributed by atoms with E-state index in [1.807, 2.05) is 37.3 Å². The van der Waals surface area contributed by atoms with Gasteiger partial charge in [0.15, 0.2) is 11.4 Å². The lowest BCUT2D eigenvalue weighted by Crippen LogP contribution is -2.04. The monoisotopic (exact) mass is 392 g/mol. The molecular formula is C21H20N4O2S. The molecule has 2 aromatic carbocycles. The molecule has 0 N–H and O–H groups in total. The topological polar surface area (TPSA) is 69.9 Å². The molecule has 0 unspecified atom stereocenters. The van der Waals surface area contributed by atoms with Gasteiger partial charge in [-0.3, -0.25) is 4.79 Å². The minimum Gasteiger partial charge on any atom is -0.494 e. The van der Waals surface area contributed by atoms with E-state index >= 15 is 0 Å². The first-order valence-electron chi connectivity index (χ1n) is 9.21. The lowest BCUT2D eigenvalue weighted by molar-refractivity contribution is 0.102. The van der Waals surface area contributed by atoms with Gasteiger partial charge in [-0.2, -0.15) is 0 Å². The number of hydrogen-bond donors (Lipinski definition) is 0. The summed E-state index contributed by atoms with van der Waals surface area (Å²) in [5, 5.41) is 10.2. The molecule has 0 aliphatic heterocycles. The van der Waals surface area contributed by atoms with Gasteiger partial charge in [-0.05, 0) is 44.2 Å². The Labute approximate surface area is 166 Å². The van der Waals surface area contributed by atoms with Crippen LogP contribution in [0.25, 0.3) is 22.1 Å².